The molecule has 1 rings (SSSR count). The summed E-state index contributed by atoms with van der Waals surface area (Å²) in [5, 5.41) is 0. The van der Waals surface area contributed by atoms with Crippen LogP contribution in [0.1, 0.15) is 15.9 Å². The Morgan fingerprint density at radius 3 is 2.71 bits per heavy atom. The first-order chi connectivity index (χ1) is 9.54. The van der Waals surface area contributed by atoms with E-state index in [9.17, 15) is 9.59 Å². The Labute approximate surface area is 129 Å². The molecule has 1 amide bonds. The molecule has 116 valence electrons. The van der Waals surface area contributed by atoms with Gasteiger partial charge < -0.3 is 20.9 Å². The zero-order valence-corrected chi connectivity index (χ0v) is 12.3. The summed E-state index contributed by atoms with van der Waals surface area (Å²) in [6.45, 7) is 3.88. The van der Waals surface area contributed by atoms with E-state index in [1.165, 1.54) is 6.08 Å². The molecule has 0 bridgehead atoms. The van der Waals surface area contributed by atoms with Gasteiger partial charge in [-0.15, -0.1) is 12.4 Å². The van der Waals surface area contributed by atoms with Gasteiger partial charge in [-0.3, -0.25) is 4.79 Å². The lowest BCUT2D eigenvalue weighted by molar-refractivity contribution is -0.120. The number of primary amides is 1. The van der Waals surface area contributed by atoms with Crippen LogP contribution < -0.4 is 11.5 Å². The number of hydrogen-bond acceptors (Lipinski definition) is 5. The van der Waals surface area contributed by atoms with Crippen LogP contribution in [-0.2, 0) is 20.9 Å². The SMILES string of the molecule is C=CCOC(=O)c1cccc(COC[C@H](N)C(N)=O)c1.Cl. The number of carbonyl (C=O) groups is 2. The highest BCUT2D eigenvalue weighted by atomic mass is 35.5. The van der Waals surface area contributed by atoms with Crippen molar-refractivity contribution in [3.05, 3.63) is 48.0 Å². The van der Waals surface area contributed by atoms with Crippen LogP contribution >= 0.6 is 12.4 Å². The van der Waals surface area contributed by atoms with Gasteiger partial charge in [0.15, 0.2) is 0 Å². The van der Waals surface area contributed by atoms with Crippen molar-refractivity contribution in [1.82, 2.24) is 0 Å². The van der Waals surface area contributed by atoms with Gasteiger partial charge in [0.05, 0.1) is 18.8 Å². The molecule has 1 aromatic rings. The van der Waals surface area contributed by atoms with Crippen molar-refractivity contribution >= 4 is 24.3 Å². The van der Waals surface area contributed by atoms with Crippen LogP contribution in [0.2, 0.25) is 0 Å². The summed E-state index contributed by atoms with van der Waals surface area (Å²) >= 11 is 0. The highest BCUT2D eigenvalue weighted by Crippen LogP contribution is 2.08. The third-order valence-corrected chi connectivity index (χ3v) is 2.43. The average Bonchev–Trinajstić information content (AvgIpc) is 2.44. The van der Waals surface area contributed by atoms with Crippen molar-refractivity contribution < 1.29 is 19.1 Å². The van der Waals surface area contributed by atoms with Gasteiger partial charge in [0.25, 0.3) is 0 Å². The molecule has 0 radical (unpaired) electrons. The highest BCUT2D eigenvalue weighted by Gasteiger charge is 2.10. The van der Waals surface area contributed by atoms with E-state index in [1.807, 2.05) is 0 Å². The van der Waals surface area contributed by atoms with E-state index in [0.29, 0.717) is 5.56 Å². The van der Waals surface area contributed by atoms with Crippen molar-refractivity contribution in [3.8, 4) is 0 Å². The molecule has 0 fully saturated rings. The fraction of sp³-hybridized carbons (Fsp3) is 0.286. The van der Waals surface area contributed by atoms with Crippen LogP contribution in [0.25, 0.3) is 0 Å². The summed E-state index contributed by atoms with van der Waals surface area (Å²) in [5.74, 6) is -1.05. The first-order valence-electron chi connectivity index (χ1n) is 6.04. The lowest BCUT2D eigenvalue weighted by Crippen LogP contribution is -2.40. The number of nitrogens with two attached hydrogens (primary N) is 2. The van der Waals surface area contributed by atoms with Gasteiger partial charge in [-0.2, -0.15) is 0 Å². The van der Waals surface area contributed by atoms with Crippen LogP contribution in [0.5, 0.6) is 0 Å². The molecule has 0 aromatic heterocycles. The van der Waals surface area contributed by atoms with E-state index >= 15 is 0 Å². The number of hydrogen-bond donors (Lipinski definition) is 2. The number of amides is 1. The van der Waals surface area contributed by atoms with Crippen LogP contribution in [0.3, 0.4) is 0 Å². The zero-order valence-electron chi connectivity index (χ0n) is 11.5. The topological polar surface area (TPSA) is 105 Å². The van der Waals surface area contributed by atoms with E-state index in [4.69, 9.17) is 20.9 Å². The highest BCUT2D eigenvalue weighted by molar-refractivity contribution is 5.89. The molecule has 0 aliphatic heterocycles. The van der Waals surface area contributed by atoms with Crippen molar-refractivity contribution in [2.45, 2.75) is 12.6 Å². The average molecular weight is 315 g/mol. The van der Waals surface area contributed by atoms with E-state index in [1.54, 1.807) is 24.3 Å². The van der Waals surface area contributed by atoms with Crippen molar-refractivity contribution in [2.75, 3.05) is 13.2 Å². The minimum absolute atomic E-state index is 0. The quantitative estimate of drug-likeness (QED) is 0.545. The van der Waals surface area contributed by atoms with E-state index < -0.39 is 17.9 Å². The summed E-state index contributed by atoms with van der Waals surface area (Å²) in [4.78, 5) is 22.4. The van der Waals surface area contributed by atoms with E-state index in [-0.39, 0.29) is 32.2 Å². The number of halogens is 1. The molecule has 21 heavy (non-hydrogen) atoms. The molecule has 1 aromatic carbocycles. The van der Waals surface area contributed by atoms with Crippen molar-refractivity contribution in [1.29, 1.82) is 0 Å². The number of rotatable bonds is 8. The third kappa shape index (κ3) is 6.89. The summed E-state index contributed by atoms with van der Waals surface area (Å²) in [6.07, 6.45) is 1.50. The number of esters is 1. The molecule has 6 nitrogen and oxygen atoms in total. The van der Waals surface area contributed by atoms with Gasteiger partial charge in [0.2, 0.25) is 5.91 Å². The Balaban J connectivity index is 0.00000400. The first-order valence-corrected chi connectivity index (χ1v) is 6.04. The Morgan fingerprint density at radius 2 is 2.10 bits per heavy atom. The van der Waals surface area contributed by atoms with Crippen LogP contribution in [0.4, 0.5) is 0 Å². The smallest absolute Gasteiger partial charge is 0.338 e. The normalized spacial score (nSPS) is 11.1. The van der Waals surface area contributed by atoms with Crippen molar-refractivity contribution in [2.24, 2.45) is 11.5 Å². The maximum atomic E-state index is 11.6. The number of benzene rings is 1. The molecule has 1 atom stereocenters. The predicted molar refractivity (Wildman–Crippen MR) is 81.0 cm³/mol. The maximum Gasteiger partial charge on any atom is 0.338 e. The summed E-state index contributed by atoms with van der Waals surface area (Å²) in [5.41, 5.74) is 11.6. The molecule has 7 heteroatoms. The molecule has 0 heterocycles. The molecule has 0 unspecified atom stereocenters. The van der Waals surface area contributed by atoms with Gasteiger partial charge in [-0.25, -0.2) is 4.79 Å². The Morgan fingerprint density at radius 1 is 1.38 bits per heavy atom. The second-order valence-corrected chi connectivity index (χ2v) is 4.11. The van der Waals surface area contributed by atoms with Gasteiger partial charge in [-0.05, 0) is 17.7 Å². The Hall–Kier alpha value is -1.89. The molecule has 0 spiro atoms. The van der Waals surface area contributed by atoms with Crippen molar-refractivity contribution in [3.63, 3.8) is 0 Å². The van der Waals surface area contributed by atoms with E-state index in [0.717, 1.165) is 5.56 Å². The largest absolute Gasteiger partial charge is 0.458 e. The fourth-order valence-electron chi connectivity index (χ4n) is 1.39. The first kappa shape index (κ1) is 19.1. The molecular weight excluding hydrogens is 296 g/mol. The maximum absolute atomic E-state index is 11.6. The molecule has 0 saturated carbocycles. The lowest BCUT2D eigenvalue weighted by Gasteiger charge is -2.09. The Bertz CT molecular complexity index is 494. The fourth-order valence-corrected chi connectivity index (χ4v) is 1.39. The summed E-state index contributed by atoms with van der Waals surface area (Å²) in [7, 11) is 0. The zero-order chi connectivity index (χ0) is 15.0. The molecule has 0 aliphatic carbocycles. The predicted octanol–water partition coefficient (Wildman–Crippen LogP) is 0.780. The lowest BCUT2D eigenvalue weighted by atomic mass is 10.1. The number of carbonyl (C=O) groups excluding carboxylic acids is 2. The van der Waals surface area contributed by atoms with E-state index in [2.05, 4.69) is 6.58 Å². The molecule has 4 N–H and O–H groups in total. The minimum atomic E-state index is -0.837. The molecule has 0 aliphatic rings. The molecule has 0 saturated heterocycles. The van der Waals surface area contributed by atoms with Gasteiger partial charge in [0.1, 0.15) is 12.6 Å². The second-order valence-electron chi connectivity index (χ2n) is 4.11. The van der Waals surface area contributed by atoms with Crippen LogP contribution in [0.15, 0.2) is 36.9 Å². The summed E-state index contributed by atoms with van der Waals surface area (Å²) < 4.78 is 10.2. The van der Waals surface area contributed by atoms with Gasteiger partial charge in [-0.1, -0.05) is 24.8 Å². The van der Waals surface area contributed by atoms with Gasteiger partial charge >= 0.3 is 5.97 Å². The molecular formula is C14H19ClN2O4. The Kier molecular flexibility index (Phi) is 9.03. The van der Waals surface area contributed by atoms with Crippen LogP contribution in [-0.4, -0.2) is 31.1 Å². The van der Waals surface area contributed by atoms with Gasteiger partial charge in [0, 0.05) is 0 Å². The number of ether oxygens (including phenoxy) is 2. The summed E-state index contributed by atoms with van der Waals surface area (Å²) in [6, 6.07) is 5.97. The minimum Gasteiger partial charge on any atom is -0.458 e. The monoisotopic (exact) mass is 314 g/mol. The van der Waals surface area contributed by atoms with Crippen LogP contribution in [0, 0.1) is 0 Å². The third-order valence-electron chi connectivity index (χ3n) is 2.43. The standard InChI is InChI=1S/C14H18N2O4.ClH/c1-2-6-20-14(18)11-5-3-4-10(7-11)8-19-9-12(15)13(16)17;/h2-5,7,12H,1,6,8-9,15H2,(H2,16,17);1H/t12-;/m0./s1. The second kappa shape index (κ2) is 9.93.